The van der Waals surface area contributed by atoms with E-state index in [0.717, 1.165) is 28.8 Å². The van der Waals surface area contributed by atoms with Crippen LogP contribution in [0.1, 0.15) is 39.7 Å². The molecule has 1 aliphatic rings. The Balaban J connectivity index is 1.73. The van der Waals surface area contributed by atoms with Crippen LogP contribution in [0.3, 0.4) is 0 Å². The summed E-state index contributed by atoms with van der Waals surface area (Å²) in [6, 6.07) is 3.08. The Kier molecular flexibility index (Phi) is 6.65. The summed E-state index contributed by atoms with van der Waals surface area (Å²) in [6.07, 6.45) is -4.73. The third kappa shape index (κ3) is 5.04. The normalized spacial score (nSPS) is 15.8. The maximum absolute atomic E-state index is 12.9. The highest BCUT2D eigenvalue weighted by atomic mass is 32.2. The third-order valence-electron chi connectivity index (χ3n) is 4.62. The van der Waals surface area contributed by atoms with Gasteiger partial charge in [0.05, 0.1) is 28.7 Å². The highest BCUT2D eigenvalue weighted by Gasteiger charge is 2.34. The molecule has 0 bridgehead atoms. The first kappa shape index (κ1) is 23.1. The number of hydrogen-bond acceptors (Lipinski definition) is 6. The molecule has 166 valence electrons. The smallest absolute Gasteiger partial charge is 0.416 e. The summed E-state index contributed by atoms with van der Waals surface area (Å²) in [7, 11) is 0. The number of nitrogens with one attached hydrogen (secondary N) is 2. The molecule has 1 aromatic carbocycles. The lowest BCUT2D eigenvalue weighted by molar-refractivity contribution is -0.137. The minimum Gasteiger partial charge on any atom is -0.462 e. The maximum atomic E-state index is 12.9. The number of alkyl halides is 3. The summed E-state index contributed by atoms with van der Waals surface area (Å²) in [5.41, 5.74) is 0.190. The number of thioether (sulfide) groups is 1. The number of anilines is 2. The van der Waals surface area contributed by atoms with E-state index in [0.29, 0.717) is 15.5 Å². The summed E-state index contributed by atoms with van der Waals surface area (Å²) < 4.78 is 43.7. The number of thiophene rings is 1. The molecule has 2 heterocycles. The van der Waals surface area contributed by atoms with Crippen LogP contribution in [0, 0.1) is 13.8 Å². The number of ether oxygens (including phenoxy) is 1. The van der Waals surface area contributed by atoms with Gasteiger partial charge < -0.3 is 15.4 Å². The zero-order valence-electron chi connectivity index (χ0n) is 16.8. The van der Waals surface area contributed by atoms with Gasteiger partial charge in [-0.05, 0) is 44.5 Å². The molecule has 31 heavy (non-hydrogen) atoms. The van der Waals surface area contributed by atoms with E-state index in [9.17, 15) is 27.6 Å². The zero-order valence-corrected chi connectivity index (χ0v) is 18.4. The molecule has 0 saturated carbocycles. The summed E-state index contributed by atoms with van der Waals surface area (Å²) in [6.45, 7) is 5.44. The van der Waals surface area contributed by atoms with E-state index in [-0.39, 0.29) is 24.3 Å². The van der Waals surface area contributed by atoms with E-state index in [1.807, 2.05) is 6.92 Å². The molecule has 2 N–H and O–H groups in total. The molecule has 0 spiro atoms. The second-order valence-corrected chi connectivity index (χ2v) is 9.23. The Morgan fingerprint density at radius 2 is 1.97 bits per heavy atom. The van der Waals surface area contributed by atoms with Gasteiger partial charge in [0.1, 0.15) is 5.00 Å². The number of carbonyl (C=O) groups excluding carboxylic acids is 3. The lowest BCUT2D eigenvalue weighted by Gasteiger charge is -2.24. The van der Waals surface area contributed by atoms with Gasteiger partial charge in [-0.3, -0.25) is 9.59 Å². The predicted molar refractivity (Wildman–Crippen MR) is 113 cm³/mol. The first-order valence-electron chi connectivity index (χ1n) is 9.27. The van der Waals surface area contributed by atoms with Crippen molar-refractivity contribution in [3.63, 3.8) is 0 Å². The minimum absolute atomic E-state index is 0.0654. The van der Waals surface area contributed by atoms with Gasteiger partial charge in [-0.2, -0.15) is 13.2 Å². The molecule has 3 rings (SSSR count). The fourth-order valence-corrected chi connectivity index (χ4v) is 5.13. The number of amides is 2. The molecule has 2 amide bonds. The fraction of sp³-hybridized carbons (Fsp3) is 0.350. The molecular formula is C20H19F3N2O4S2. The van der Waals surface area contributed by atoms with E-state index in [1.54, 1.807) is 13.8 Å². The van der Waals surface area contributed by atoms with Crippen LogP contribution in [0.4, 0.5) is 23.9 Å². The van der Waals surface area contributed by atoms with Crippen LogP contribution in [-0.4, -0.2) is 29.6 Å². The molecule has 0 radical (unpaired) electrons. The largest absolute Gasteiger partial charge is 0.462 e. The van der Waals surface area contributed by atoms with Crippen molar-refractivity contribution >= 4 is 51.6 Å². The second kappa shape index (κ2) is 8.91. The number of hydrogen-bond donors (Lipinski definition) is 2. The quantitative estimate of drug-likeness (QED) is 0.598. The van der Waals surface area contributed by atoms with Crippen LogP contribution in [0.25, 0.3) is 0 Å². The van der Waals surface area contributed by atoms with Gasteiger partial charge in [-0.15, -0.1) is 23.1 Å². The molecule has 11 heteroatoms. The van der Waals surface area contributed by atoms with Gasteiger partial charge in [0.15, 0.2) is 0 Å². The Bertz CT molecular complexity index is 1050. The molecular weight excluding hydrogens is 453 g/mol. The fourth-order valence-electron chi connectivity index (χ4n) is 2.97. The Morgan fingerprint density at radius 1 is 1.26 bits per heavy atom. The molecule has 0 saturated heterocycles. The lowest BCUT2D eigenvalue weighted by atomic mass is 10.1. The Morgan fingerprint density at radius 3 is 2.61 bits per heavy atom. The number of halogens is 3. The SMILES string of the molecule is CCOC(=O)c1c(NC(=O)C[C@@H]2Sc3ccc(C(F)(F)F)cc3NC2=O)sc(C)c1C. The topological polar surface area (TPSA) is 84.5 Å². The van der Waals surface area contributed by atoms with Crippen LogP contribution >= 0.6 is 23.1 Å². The van der Waals surface area contributed by atoms with Crippen molar-refractivity contribution < 1.29 is 32.3 Å². The maximum Gasteiger partial charge on any atom is 0.416 e. The first-order chi connectivity index (χ1) is 14.5. The van der Waals surface area contributed by atoms with Crippen LogP contribution in [0.5, 0.6) is 0 Å². The number of benzene rings is 1. The molecule has 1 atom stereocenters. The summed E-state index contributed by atoms with van der Waals surface area (Å²) in [5.74, 6) is -1.59. The van der Waals surface area contributed by atoms with Gasteiger partial charge in [-0.25, -0.2) is 4.79 Å². The number of fused-ring (bicyclic) bond motifs is 1. The van der Waals surface area contributed by atoms with Crippen molar-refractivity contribution in [2.45, 2.75) is 43.5 Å². The van der Waals surface area contributed by atoms with Crippen molar-refractivity contribution in [3.05, 3.63) is 39.8 Å². The van der Waals surface area contributed by atoms with Crippen molar-refractivity contribution in [2.24, 2.45) is 0 Å². The zero-order chi connectivity index (χ0) is 22.9. The van der Waals surface area contributed by atoms with E-state index in [4.69, 9.17) is 4.74 Å². The molecule has 6 nitrogen and oxygen atoms in total. The summed E-state index contributed by atoms with van der Waals surface area (Å²) >= 11 is 2.25. The van der Waals surface area contributed by atoms with E-state index in [1.165, 1.54) is 17.4 Å². The third-order valence-corrected chi connectivity index (χ3v) is 7.01. The van der Waals surface area contributed by atoms with Crippen LogP contribution in [0.2, 0.25) is 0 Å². The highest BCUT2D eigenvalue weighted by molar-refractivity contribution is 8.01. The number of carbonyl (C=O) groups is 3. The van der Waals surface area contributed by atoms with Crippen molar-refractivity contribution in [2.75, 3.05) is 17.2 Å². The van der Waals surface area contributed by atoms with Crippen LogP contribution < -0.4 is 10.6 Å². The standard InChI is InChI=1S/C20H19F3N2O4S2/c1-4-29-19(28)16-9(2)10(3)30-18(16)25-15(26)8-14-17(27)24-12-7-11(20(21,22)23)5-6-13(12)31-14/h5-7,14H,4,8H2,1-3H3,(H,24,27)(H,25,26)/t14-/m0/s1. The lowest BCUT2D eigenvalue weighted by Crippen LogP contribution is -2.32. The van der Waals surface area contributed by atoms with E-state index in [2.05, 4.69) is 10.6 Å². The van der Waals surface area contributed by atoms with Gasteiger partial charge in [0.25, 0.3) is 0 Å². The summed E-state index contributed by atoms with van der Waals surface area (Å²) in [4.78, 5) is 38.5. The second-order valence-electron chi connectivity index (χ2n) is 6.76. The van der Waals surface area contributed by atoms with Crippen LogP contribution in [0.15, 0.2) is 23.1 Å². The number of aryl methyl sites for hydroxylation is 1. The van der Waals surface area contributed by atoms with Crippen molar-refractivity contribution in [3.8, 4) is 0 Å². The average molecular weight is 473 g/mol. The minimum atomic E-state index is -4.52. The molecule has 0 fully saturated rings. The molecule has 0 aliphatic carbocycles. The van der Waals surface area contributed by atoms with E-state index >= 15 is 0 Å². The van der Waals surface area contributed by atoms with Gasteiger partial charge in [0, 0.05) is 16.2 Å². The van der Waals surface area contributed by atoms with Gasteiger partial charge >= 0.3 is 12.1 Å². The molecule has 1 aromatic heterocycles. The summed E-state index contributed by atoms with van der Waals surface area (Å²) in [5, 5.41) is 4.63. The monoisotopic (exact) mass is 472 g/mol. The number of esters is 1. The highest BCUT2D eigenvalue weighted by Crippen LogP contribution is 2.41. The Labute approximate surface area is 184 Å². The van der Waals surface area contributed by atoms with Crippen molar-refractivity contribution in [1.29, 1.82) is 0 Å². The van der Waals surface area contributed by atoms with Gasteiger partial charge in [0.2, 0.25) is 11.8 Å². The van der Waals surface area contributed by atoms with Crippen molar-refractivity contribution in [1.82, 2.24) is 0 Å². The molecule has 2 aromatic rings. The van der Waals surface area contributed by atoms with Gasteiger partial charge in [-0.1, -0.05) is 0 Å². The van der Waals surface area contributed by atoms with E-state index < -0.39 is 34.8 Å². The first-order valence-corrected chi connectivity index (χ1v) is 11.0. The predicted octanol–water partition coefficient (Wildman–Crippen LogP) is 5.00. The number of rotatable bonds is 5. The molecule has 1 aliphatic heterocycles. The molecule has 0 unspecified atom stereocenters. The Hall–Kier alpha value is -2.53. The van der Waals surface area contributed by atoms with Crippen LogP contribution in [-0.2, 0) is 20.5 Å². The average Bonchev–Trinajstić information content (AvgIpc) is 2.94.